The first kappa shape index (κ1) is 24.3. The predicted molar refractivity (Wildman–Crippen MR) is 128 cm³/mol. The lowest BCUT2D eigenvalue weighted by Crippen LogP contribution is -2.17. The summed E-state index contributed by atoms with van der Waals surface area (Å²) in [5.41, 5.74) is 3.97. The number of nitrogens with zero attached hydrogens (tertiary/aromatic N) is 1. The fraction of sp³-hybridized carbons (Fsp3) is 0.192. The summed E-state index contributed by atoms with van der Waals surface area (Å²) in [6, 6.07) is 18.4. The zero-order valence-electron chi connectivity index (χ0n) is 19.2. The first-order chi connectivity index (χ1) is 16.5. The van der Waals surface area contributed by atoms with Crippen LogP contribution in [0.3, 0.4) is 0 Å². The Balaban J connectivity index is 1.54. The first-order valence-electron chi connectivity index (χ1n) is 10.6. The number of methoxy groups -OCH3 is 2. The molecule has 0 saturated carbocycles. The summed E-state index contributed by atoms with van der Waals surface area (Å²) in [5.74, 6) is 1.22. The minimum absolute atomic E-state index is 0.377. The van der Waals surface area contributed by atoms with E-state index < -0.39 is 11.9 Å². The molecule has 8 heteroatoms. The van der Waals surface area contributed by atoms with E-state index >= 15 is 0 Å². The maximum Gasteiger partial charge on any atom is 0.343 e. The average Bonchev–Trinajstić information content (AvgIpc) is 2.88. The molecule has 3 rings (SSSR count). The molecule has 1 amide bonds. The predicted octanol–water partition coefficient (Wildman–Crippen LogP) is 4.48. The van der Waals surface area contributed by atoms with Gasteiger partial charge in [0.25, 0.3) is 5.91 Å². The minimum atomic E-state index is -0.467. The third-order valence-corrected chi connectivity index (χ3v) is 4.68. The number of carbonyl (C=O) groups excluding carboxylic acids is 2. The first-order valence-corrected chi connectivity index (χ1v) is 10.6. The van der Waals surface area contributed by atoms with Crippen LogP contribution in [0.25, 0.3) is 0 Å². The molecule has 34 heavy (non-hydrogen) atoms. The maximum atomic E-state index is 12.3. The Kier molecular flexibility index (Phi) is 8.62. The Hall–Kier alpha value is -4.33. The van der Waals surface area contributed by atoms with E-state index in [2.05, 4.69) is 10.5 Å². The van der Waals surface area contributed by atoms with Crippen LogP contribution in [-0.4, -0.2) is 38.9 Å². The lowest BCUT2D eigenvalue weighted by molar-refractivity contribution is 0.0734. The zero-order valence-corrected chi connectivity index (χ0v) is 19.2. The second-order valence-electron chi connectivity index (χ2n) is 7.10. The average molecular weight is 463 g/mol. The van der Waals surface area contributed by atoms with Gasteiger partial charge in [0.2, 0.25) is 0 Å². The summed E-state index contributed by atoms with van der Waals surface area (Å²) >= 11 is 0. The van der Waals surface area contributed by atoms with Crippen molar-refractivity contribution in [1.82, 2.24) is 5.43 Å². The highest BCUT2D eigenvalue weighted by atomic mass is 16.5. The smallest absolute Gasteiger partial charge is 0.343 e. The lowest BCUT2D eigenvalue weighted by Gasteiger charge is -2.08. The summed E-state index contributed by atoms with van der Waals surface area (Å²) in [6.07, 6.45) is 2.40. The molecule has 1 N–H and O–H groups in total. The van der Waals surface area contributed by atoms with Gasteiger partial charge in [-0.1, -0.05) is 6.92 Å². The molecule has 8 nitrogen and oxygen atoms in total. The van der Waals surface area contributed by atoms with Crippen LogP contribution in [0, 0.1) is 0 Å². The van der Waals surface area contributed by atoms with Gasteiger partial charge >= 0.3 is 5.97 Å². The van der Waals surface area contributed by atoms with Crippen LogP contribution in [-0.2, 0) is 0 Å². The van der Waals surface area contributed by atoms with Crippen molar-refractivity contribution in [2.45, 2.75) is 13.3 Å². The topological polar surface area (TPSA) is 95.5 Å². The van der Waals surface area contributed by atoms with Gasteiger partial charge in [-0.05, 0) is 78.7 Å². The Morgan fingerprint density at radius 3 is 2.15 bits per heavy atom. The number of rotatable bonds is 10. The fourth-order valence-corrected chi connectivity index (χ4v) is 2.90. The van der Waals surface area contributed by atoms with E-state index in [1.165, 1.54) is 20.4 Å². The van der Waals surface area contributed by atoms with E-state index in [1.54, 1.807) is 66.7 Å². The zero-order chi connectivity index (χ0) is 24.3. The SMILES string of the molecule is CCCOc1ccc(C(=O)Oc2ccc(C=NNC(=O)c3ccc(OC)c(OC)c3)cc2)cc1. The Morgan fingerprint density at radius 2 is 1.50 bits per heavy atom. The van der Waals surface area contributed by atoms with Crippen molar-refractivity contribution < 1.29 is 28.5 Å². The van der Waals surface area contributed by atoms with Crippen LogP contribution in [0.4, 0.5) is 0 Å². The molecule has 0 saturated heterocycles. The molecule has 0 heterocycles. The van der Waals surface area contributed by atoms with Crippen molar-refractivity contribution in [3.05, 3.63) is 83.4 Å². The molecule has 0 fully saturated rings. The minimum Gasteiger partial charge on any atom is -0.494 e. The van der Waals surface area contributed by atoms with Crippen LogP contribution >= 0.6 is 0 Å². The Labute approximate surface area is 198 Å². The molecular weight excluding hydrogens is 436 g/mol. The molecule has 176 valence electrons. The second-order valence-corrected chi connectivity index (χ2v) is 7.10. The summed E-state index contributed by atoms with van der Waals surface area (Å²) in [5, 5.41) is 3.97. The van der Waals surface area contributed by atoms with Gasteiger partial charge in [0.1, 0.15) is 11.5 Å². The van der Waals surface area contributed by atoms with Gasteiger partial charge in [-0.3, -0.25) is 4.79 Å². The summed E-state index contributed by atoms with van der Waals surface area (Å²) < 4.78 is 21.3. The highest BCUT2D eigenvalue weighted by molar-refractivity contribution is 5.95. The standard InChI is InChI=1S/C26H26N2O6/c1-4-15-33-21-12-7-19(8-13-21)26(30)34-22-10-5-18(6-11-22)17-27-28-25(29)20-9-14-23(31-2)24(16-20)32-3/h5-14,16-17H,4,15H2,1-3H3,(H,28,29). The number of benzene rings is 3. The van der Waals surface area contributed by atoms with E-state index in [-0.39, 0.29) is 0 Å². The van der Waals surface area contributed by atoms with Crippen molar-refractivity contribution in [3.63, 3.8) is 0 Å². The maximum absolute atomic E-state index is 12.3. The van der Waals surface area contributed by atoms with E-state index in [9.17, 15) is 9.59 Å². The molecule has 0 atom stereocenters. The number of hydrazone groups is 1. The van der Waals surface area contributed by atoms with Crippen molar-refractivity contribution in [2.24, 2.45) is 5.10 Å². The molecule has 0 aliphatic rings. The molecule has 0 bridgehead atoms. The van der Waals surface area contributed by atoms with Gasteiger partial charge in [0.15, 0.2) is 11.5 Å². The van der Waals surface area contributed by atoms with Gasteiger partial charge in [-0.25, -0.2) is 10.2 Å². The van der Waals surface area contributed by atoms with Crippen molar-refractivity contribution >= 4 is 18.1 Å². The molecular formula is C26H26N2O6. The van der Waals surface area contributed by atoms with Crippen molar-refractivity contribution in [2.75, 3.05) is 20.8 Å². The van der Waals surface area contributed by atoms with Crippen LogP contribution in [0.2, 0.25) is 0 Å². The number of esters is 1. The third-order valence-electron chi connectivity index (χ3n) is 4.68. The van der Waals surface area contributed by atoms with Crippen molar-refractivity contribution in [3.8, 4) is 23.0 Å². The van der Waals surface area contributed by atoms with Gasteiger partial charge in [0.05, 0.1) is 32.6 Å². The molecule has 0 aliphatic carbocycles. The van der Waals surface area contributed by atoms with E-state index in [0.29, 0.717) is 46.3 Å². The summed E-state index contributed by atoms with van der Waals surface area (Å²) in [7, 11) is 3.02. The number of nitrogens with one attached hydrogen (secondary N) is 1. The third kappa shape index (κ3) is 6.59. The largest absolute Gasteiger partial charge is 0.494 e. The molecule has 0 spiro atoms. The molecule has 3 aromatic carbocycles. The monoisotopic (exact) mass is 462 g/mol. The summed E-state index contributed by atoms with van der Waals surface area (Å²) in [4.78, 5) is 24.6. The molecule has 0 radical (unpaired) electrons. The van der Waals surface area contributed by atoms with E-state index in [0.717, 1.165) is 6.42 Å². The number of carbonyl (C=O) groups is 2. The van der Waals surface area contributed by atoms with E-state index in [4.69, 9.17) is 18.9 Å². The second kappa shape index (κ2) is 12.1. The Morgan fingerprint density at radius 1 is 0.853 bits per heavy atom. The Bertz CT molecular complexity index is 1140. The van der Waals surface area contributed by atoms with E-state index in [1.807, 2.05) is 6.92 Å². The van der Waals surface area contributed by atoms with Crippen LogP contribution < -0.4 is 24.4 Å². The normalized spacial score (nSPS) is 10.6. The van der Waals surface area contributed by atoms with Gasteiger partial charge in [0, 0.05) is 5.56 Å². The molecule has 0 unspecified atom stereocenters. The van der Waals surface area contributed by atoms with Crippen molar-refractivity contribution in [1.29, 1.82) is 0 Å². The molecule has 0 aliphatic heterocycles. The lowest BCUT2D eigenvalue weighted by atomic mass is 10.2. The number of hydrogen-bond donors (Lipinski definition) is 1. The van der Waals surface area contributed by atoms with Crippen LogP contribution in [0.1, 0.15) is 39.6 Å². The number of hydrogen-bond acceptors (Lipinski definition) is 7. The number of ether oxygens (including phenoxy) is 4. The van der Waals surface area contributed by atoms with Crippen LogP contribution in [0.5, 0.6) is 23.0 Å². The quantitative estimate of drug-likeness (QED) is 0.207. The molecule has 3 aromatic rings. The van der Waals surface area contributed by atoms with Gasteiger partial charge in [-0.15, -0.1) is 0 Å². The number of amides is 1. The highest BCUT2D eigenvalue weighted by Crippen LogP contribution is 2.27. The summed E-state index contributed by atoms with van der Waals surface area (Å²) in [6.45, 7) is 2.65. The highest BCUT2D eigenvalue weighted by Gasteiger charge is 2.11. The van der Waals surface area contributed by atoms with Crippen LogP contribution in [0.15, 0.2) is 71.8 Å². The fourth-order valence-electron chi connectivity index (χ4n) is 2.90. The van der Waals surface area contributed by atoms with Gasteiger partial charge < -0.3 is 18.9 Å². The van der Waals surface area contributed by atoms with Gasteiger partial charge in [-0.2, -0.15) is 5.10 Å². The molecule has 0 aromatic heterocycles.